The van der Waals surface area contributed by atoms with E-state index in [2.05, 4.69) is 9.97 Å². The predicted octanol–water partition coefficient (Wildman–Crippen LogP) is 1.31. The molecule has 1 heterocycles. The Morgan fingerprint density at radius 3 is 2.38 bits per heavy atom. The topological polar surface area (TPSA) is 68.9 Å². The van der Waals surface area contributed by atoms with Gasteiger partial charge in [-0.1, -0.05) is 23.2 Å². The molecule has 0 saturated carbocycles. The number of nitrogens with zero attached hydrogens (tertiary/aromatic N) is 2. The van der Waals surface area contributed by atoms with Crippen LogP contribution in [0.1, 0.15) is 16.8 Å². The third-order valence-electron chi connectivity index (χ3n) is 1.40. The molecule has 0 amide bonds. The molecule has 0 aromatic carbocycles. The average Bonchev–Trinajstić information content (AvgIpc) is 2.04. The molecule has 1 aromatic heterocycles. The summed E-state index contributed by atoms with van der Waals surface area (Å²) in [6.07, 6.45) is 1.39. The zero-order valence-electron chi connectivity index (χ0n) is 6.63. The molecule has 0 aliphatic rings. The van der Waals surface area contributed by atoms with E-state index in [-0.39, 0.29) is 34.6 Å². The molecule has 70 valence electrons. The Hall–Kier alpha value is -0.710. The Bertz CT molecular complexity index is 309. The maximum atomic E-state index is 11.4. The van der Waals surface area contributed by atoms with Crippen molar-refractivity contribution in [3.05, 3.63) is 22.2 Å². The molecule has 0 aliphatic heterocycles. The lowest BCUT2D eigenvalue weighted by atomic mass is 10.2. The molecule has 0 unspecified atom stereocenters. The van der Waals surface area contributed by atoms with Crippen LogP contribution in [0.4, 0.5) is 0 Å². The van der Waals surface area contributed by atoms with Crippen molar-refractivity contribution in [3.63, 3.8) is 0 Å². The van der Waals surface area contributed by atoms with Crippen LogP contribution in [0.5, 0.6) is 0 Å². The van der Waals surface area contributed by atoms with Crippen molar-refractivity contribution in [2.75, 3.05) is 6.54 Å². The highest BCUT2D eigenvalue weighted by atomic mass is 35.5. The average molecular weight is 220 g/mol. The fourth-order valence-corrected chi connectivity index (χ4v) is 1.36. The van der Waals surface area contributed by atoms with Crippen molar-refractivity contribution in [2.24, 2.45) is 5.73 Å². The molecule has 0 bridgehead atoms. The van der Waals surface area contributed by atoms with E-state index < -0.39 is 0 Å². The maximum absolute atomic E-state index is 11.4. The van der Waals surface area contributed by atoms with Gasteiger partial charge in [0.25, 0.3) is 0 Å². The summed E-state index contributed by atoms with van der Waals surface area (Å²) < 4.78 is 0. The fraction of sp³-hybridized carbons (Fsp3) is 0.286. The van der Waals surface area contributed by atoms with Gasteiger partial charge in [-0.25, -0.2) is 9.97 Å². The van der Waals surface area contributed by atoms with Crippen LogP contribution in [0.3, 0.4) is 0 Å². The van der Waals surface area contributed by atoms with Crippen molar-refractivity contribution in [3.8, 4) is 0 Å². The standard InChI is InChI=1S/C7H7Cl2N3O/c8-6-5(4(13)1-2-10)7(9)12-3-11-6/h3H,1-2,10H2. The zero-order chi connectivity index (χ0) is 9.84. The van der Waals surface area contributed by atoms with Crippen LogP contribution in [-0.4, -0.2) is 22.3 Å². The molecule has 0 spiro atoms. The van der Waals surface area contributed by atoms with E-state index >= 15 is 0 Å². The number of hydrogen-bond acceptors (Lipinski definition) is 4. The molecule has 13 heavy (non-hydrogen) atoms. The van der Waals surface area contributed by atoms with Gasteiger partial charge in [-0.05, 0) is 6.54 Å². The van der Waals surface area contributed by atoms with Gasteiger partial charge in [-0.3, -0.25) is 4.79 Å². The first-order valence-corrected chi connectivity index (χ1v) is 4.31. The van der Waals surface area contributed by atoms with Gasteiger partial charge < -0.3 is 5.73 Å². The first-order chi connectivity index (χ1) is 6.16. The van der Waals surface area contributed by atoms with E-state index in [0.29, 0.717) is 0 Å². The molecule has 1 aromatic rings. The Labute approximate surface area is 85.1 Å². The van der Waals surface area contributed by atoms with Crippen LogP contribution in [0.25, 0.3) is 0 Å². The third-order valence-corrected chi connectivity index (χ3v) is 1.98. The number of Topliss-reactive ketones (excluding diaryl/α,β-unsaturated/α-hetero) is 1. The molecule has 0 atom stereocenters. The van der Waals surface area contributed by atoms with Crippen LogP contribution >= 0.6 is 23.2 Å². The quantitative estimate of drug-likeness (QED) is 0.615. The largest absolute Gasteiger partial charge is 0.330 e. The summed E-state index contributed by atoms with van der Waals surface area (Å²) in [6, 6.07) is 0. The molecule has 0 radical (unpaired) electrons. The summed E-state index contributed by atoms with van der Waals surface area (Å²) in [5.41, 5.74) is 5.37. The number of rotatable bonds is 3. The number of nitrogens with two attached hydrogens (primary N) is 1. The Morgan fingerprint density at radius 1 is 1.38 bits per heavy atom. The molecule has 1 rings (SSSR count). The summed E-state index contributed by atoms with van der Waals surface area (Å²) in [6.45, 7) is 0.250. The molecular weight excluding hydrogens is 213 g/mol. The fourth-order valence-electron chi connectivity index (χ4n) is 0.831. The highest BCUT2D eigenvalue weighted by molar-refractivity contribution is 6.38. The van der Waals surface area contributed by atoms with E-state index in [4.69, 9.17) is 28.9 Å². The van der Waals surface area contributed by atoms with Crippen LogP contribution in [-0.2, 0) is 0 Å². The second-order valence-electron chi connectivity index (χ2n) is 2.29. The van der Waals surface area contributed by atoms with Gasteiger partial charge in [-0.2, -0.15) is 0 Å². The van der Waals surface area contributed by atoms with Crippen molar-refractivity contribution in [1.29, 1.82) is 0 Å². The summed E-state index contributed by atoms with van der Waals surface area (Å²) >= 11 is 11.3. The van der Waals surface area contributed by atoms with Gasteiger partial charge in [0.2, 0.25) is 0 Å². The minimum absolute atomic E-state index is 0.0680. The van der Waals surface area contributed by atoms with Gasteiger partial charge in [0, 0.05) is 6.42 Å². The van der Waals surface area contributed by atoms with Crippen molar-refractivity contribution >= 4 is 29.0 Å². The second kappa shape index (κ2) is 4.50. The lowest BCUT2D eigenvalue weighted by Crippen LogP contribution is -2.10. The van der Waals surface area contributed by atoms with Gasteiger partial charge in [0.05, 0.1) is 5.56 Å². The maximum Gasteiger partial charge on any atom is 0.170 e. The first-order valence-electron chi connectivity index (χ1n) is 3.56. The molecule has 0 saturated heterocycles. The molecule has 2 N–H and O–H groups in total. The monoisotopic (exact) mass is 219 g/mol. The molecular formula is C7H7Cl2N3O. The minimum atomic E-state index is -0.238. The van der Waals surface area contributed by atoms with Gasteiger partial charge in [0.15, 0.2) is 5.78 Å². The van der Waals surface area contributed by atoms with Gasteiger partial charge in [0.1, 0.15) is 16.6 Å². The van der Waals surface area contributed by atoms with Crippen LogP contribution < -0.4 is 5.73 Å². The second-order valence-corrected chi connectivity index (χ2v) is 3.01. The van der Waals surface area contributed by atoms with Crippen LogP contribution in [0, 0.1) is 0 Å². The highest BCUT2D eigenvalue weighted by Crippen LogP contribution is 2.20. The lowest BCUT2D eigenvalue weighted by Gasteiger charge is -2.01. The Morgan fingerprint density at radius 2 is 1.92 bits per heavy atom. The number of hydrogen-bond donors (Lipinski definition) is 1. The SMILES string of the molecule is NCCC(=O)c1c(Cl)ncnc1Cl. The van der Waals surface area contributed by atoms with Crippen molar-refractivity contribution in [1.82, 2.24) is 9.97 Å². The Balaban J connectivity index is 3.05. The molecule has 4 nitrogen and oxygen atoms in total. The normalized spacial score (nSPS) is 10.1. The highest BCUT2D eigenvalue weighted by Gasteiger charge is 2.15. The lowest BCUT2D eigenvalue weighted by molar-refractivity contribution is 0.0985. The van der Waals surface area contributed by atoms with Gasteiger partial charge >= 0.3 is 0 Å². The smallest absolute Gasteiger partial charge is 0.170 e. The van der Waals surface area contributed by atoms with Crippen LogP contribution in [0.15, 0.2) is 6.33 Å². The number of aromatic nitrogens is 2. The minimum Gasteiger partial charge on any atom is -0.330 e. The predicted molar refractivity (Wildman–Crippen MR) is 50.1 cm³/mol. The van der Waals surface area contributed by atoms with E-state index in [1.807, 2.05) is 0 Å². The number of halogens is 2. The van der Waals surface area contributed by atoms with Crippen molar-refractivity contribution in [2.45, 2.75) is 6.42 Å². The van der Waals surface area contributed by atoms with E-state index in [9.17, 15) is 4.79 Å². The van der Waals surface area contributed by atoms with E-state index in [1.54, 1.807) is 0 Å². The van der Waals surface area contributed by atoms with Gasteiger partial charge in [-0.15, -0.1) is 0 Å². The summed E-state index contributed by atoms with van der Waals surface area (Å²) in [5, 5.41) is 0.136. The zero-order valence-corrected chi connectivity index (χ0v) is 8.14. The van der Waals surface area contributed by atoms with Crippen LogP contribution in [0.2, 0.25) is 10.3 Å². The van der Waals surface area contributed by atoms with Crippen molar-refractivity contribution < 1.29 is 4.79 Å². The molecule has 0 fully saturated rings. The molecule has 6 heteroatoms. The number of carbonyl (C=O) groups is 1. The van der Waals surface area contributed by atoms with E-state index in [1.165, 1.54) is 6.33 Å². The number of ketones is 1. The summed E-state index contributed by atoms with van der Waals surface area (Å²) in [5.74, 6) is -0.238. The summed E-state index contributed by atoms with van der Waals surface area (Å²) in [7, 11) is 0. The Kier molecular flexibility index (Phi) is 3.59. The third kappa shape index (κ3) is 2.37. The molecule has 0 aliphatic carbocycles. The summed E-state index contributed by atoms with van der Waals surface area (Å²) in [4.78, 5) is 18.7. The van der Waals surface area contributed by atoms with E-state index in [0.717, 1.165) is 0 Å². The first kappa shape index (κ1) is 10.4. The number of carbonyl (C=O) groups excluding carboxylic acids is 1.